The lowest BCUT2D eigenvalue weighted by atomic mass is 10.0. The molecule has 7 aromatic carbocycles. The number of fused-ring (bicyclic) bond motifs is 2. The molecule has 7 aromatic rings. The number of azo groups is 3. The fraction of sp³-hybridized carbons (Fsp3) is 0.0930. The normalized spacial score (nSPS) is 13.0. The van der Waals surface area contributed by atoms with Crippen molar-refractivity contribution in [2.75, 3.05) is 28.9 Å². The van der Waals surface area contributed by atoms with Gasteiger partial charge in [0.15, 0.2) is 11.5 Å². The largest absolute Gasteiger partial charge is 0.505 e. The molecule has 89 heavy (non-hydrogen) atoms. The number of aromatic hydroxyl groups is 2. The van der Waals surface area contributed by atoms with E-state index in [0.29, 0.717) is 48.5 Å². The van der Waals surface area contributed by atoms with Crippen LogP contribution in [0.25, 0.3) is 21.5 Å². The zero-order valence-electron chi connectivity index (χ0n) is 43.6. The van der Waals surface area contributed by atoms with Crippen molar-refractivity contribution in [3.05, 3.63) is 100 Å². The van der Waals surface area contributed by atoms with Crippen molar-refractivity contribution in [1.82, 2.24) is 0 Å². The minimum Gasteiger partial charge on any atom is -0.505 e. The number of nitro groups is 1. The molecule has 0 saturated carbocycles. The maximum Gasteiger partial charge on any atom is 0.338 e. The quantitative estimate of drug-likeness (QED) is 0.00658. The van der Waals surface area contributed by atoms with Gasteiger partial charge in [-0.05, 0) is 79.6 Å². The molecule has 0 amide bonds. The Morgan fingerprint density at radius 2 is 1.16 bits per heavy atom. The number of hydrogen-bond donors (Lipinski definition) is 13. The molecule has 474 valence electrons. The molecule has 39 nitrogen and oxygen atoms in total. The first-order valence-corrected chi connectivity index (χ1v) is 33.3. The number of nitrogens with one attached hydrogen (secondary N) is 2. The number of aromatic carboxylic acids is 1. The van der Waals surface area contributed by atoms with Gasteiger partial charge in [-0.15, -0.1) is 25.6 Å². The van der Waals surface area contributed by atoms with Crippen molar-refractivity contribution >= 4 is 155 Å². The molecular weight excluding hydrogens is 1340 g/mol. The number of benzene rings is 7. The SMILES string of the molecule is Cc1cc(N=Nc2c(S(=O)(=O)O)cc3c(S(=O)(=O)O)c(/N=N\c4cc(S(=O)(=O)O)c5cc(S(=O)(=O)O)c(NNc6ccc([N+](=O)[O-])cc6S(=O)(=O)O)c(O)c5c4N)ccc3c2O)c(OCCCS(=O)(=O)ON)cc1/N=N\c1ccc(S(=O)(=O)O)cc1C(=O)O. The van der Waals surface area contributed by atoms with Crippen molar-refractivity contribution < 1.29 is 120 Å². The van der Waals surface area contributed by atoms with Crippen molar-refractivity contribution in [2.24, 2.45) is 36.6 Å². The van der Waals surface area contributed by atoms with Crippen molar-refractivity contribution in [3.63, 3.8) is 0 Å². The van der Waals surface area contributed by atoms with Crippen LogP contribution in [-0.2, 0) is 75.1 Å². The molecule has 7 rings (SSSR count). The molecule has 0 atom stereocenters. The number of carbonyl (C=O) groups is 1. The molecule has 15 N–H and O–H groups in total. The summed E-state index contributed by atoms with van der Waals surface area (Å²) in [5.74, 6) is -0.871. The number of aryl methyl sites for hydroxylation is 1. The number of nitro benzene ring substituents is 1. The highest BCUT2D eigenvalue weighted by Crippen LogP contribution is 2.49. The van der Waals surface area contributed by atoms with E-state index in [4.69, 9.17) is 16.4 Å². The molecule has 0 aliphatic rings. The van der Waals surface area contributed by atoms with Crippen LogP contribution in [0.4, 0.5) is 56.9 Å². The number of carboxylic acid groups (broad SMARTS) is 1. The van der Waals surface area contributed by atoms with Gasteiger partial charge in [-0.25, -0.2) is 4.79 Å². The van der Waals surface area contributed by atoms with Gasteiger partial charge in [0.2, 0.25) is 0 Å². The van der Waals surface area contributed by atoms with Crippen molar-refractivity contribution in [2.45, 2.75) is 42.7 Å². The van der Waals surface area contributed by atoms with Crippen LogP contribution in [0, 0.1) is 17.0 Å². The summed E-state index contributed by atoms with van der Waals surface area (Å²) < 4.78 is 245. The zero-order valence-corrected chi connectivity index (χ0v) is 49.3. The summed E-state index contributed by atoms with van der Waals surface area (Å²) in [5, 5.41) is 63.2. The molecule has 0 aliphatic heterocycles. The monoisotopic (exact) mass is 1380 g/mol. The first-order chi connectivity index (χ1) is 40.9. The number of carboxylic acids is 1. The topological polar surface area (TPSA) is 650 Å². The third-order valence-electron chi connectivity index (χ3n) is 11.9. The van der Waals surface area contributed by atoms with Crippen LogP contribution in [0.2, 0.25) is 0 Å². The summed E-state index contributed by atoms with van der Waals surface area (Å²) in [7, 11) is -37.3. The van der Waals surface area contributed by atoms with Gasteiger partial charge >= 0.3 is 5.97 Å². The Kier molecular flexibility index (Phi) is 18.5. The Hall–Kier alpha value is -9.14. The standard InChI is InChI=1S/C43H37N11O28S7/c1-18-11-29(31(81-9-2-10-83(61,62)82-45)16-28(18)49-46-25-7-4-20(84(63,64)65)13-23(25)43(57)58)50-52-38-34(87(72,73)74)14-22-21(40(38)55)5-8-27(42(22)89(78,79)80)48-51-30-17-32(85(66,67)68)24-15-35(88(75,76)77)39(41(56)36(24)37(30)44)53-47-26-6-3-19(54(59)60)12-33(26)86(69,70)71/h3-8,11-17,47,53,55-56H,2,9-10,44-45H2,1H3,(H,57,58)(H,63,64,65)(H,66,67,68)(H,69,70,71)(H,72,73,74)(H,75,76,77)(H,78,79,80)/b49-46-,51-48-,52-50?. The third-order valence-corrected chi connectivity index (χ3v) is 18.3. The summed E-state index contributed by atoms with van der Waals surface area (Å²) in [6, 6.07) is 8.53. The lowest BCUT2D eigenvalue weighted by Crippen LogP contribution is -2.16. The Labute approximate surface area is 498 Å². The summed E-state index contributed by atoms with van der Waals surface area (Å²) in [6.45, 7) is 0.830. The highest BCUT2D eigenvalue weighted by atomic mass is 32.2. The predicted molar refractivity (Wildman–Crippen MR) is 301 cm³/mol. The highest BCUT2D eigenvalue weighted by Gasteiger charge is 2.32. The van der Waals surface area contributed by atoms with Gasteiger partial charge < -0.3 is 25.8 Å². The second kappa shape index (κ2) is 24.4. The lowest BCUT2D eigenvalue weighted by Gasteiger charge is -2.19. The summed E-state index contributed by atoms with van der Waals surface area (Å²) >= 11 is 0. The van der Waals surface area contributed by atoms with E-state index in [9.17, 15) is 116 Å². The number of nitrogens with zero attached hydrogens (tertiary/aromatic N) is 7. The zero-order chi connectivity index (χ0) is 66.5. The van der Waals surface area contributed by atoms with E-state index in [1.54, 1.807) is 0 Å². The molecule has 0 unspecified atom stereocenters. The third kappa shape index (κ3) is 14.9. The smallest absolute Gasteiger partial charge is 0.338 e. The van der Waals surface area contributed by atoms with E-state index in [1.807, 2.05) is 10.9 Å². The fourth-order valence-corrected chi connectivity index (χ4v) is 12.5. The summed E-state index contributed by atoms with van der Waals surface area (Å²) in [6.07, 6.45) is -0.345. The number of phenolic OH excluding ortho intramolecular Hbond substituents is 2. The Balaban J connectivity index is 1.37. The Bertz CT molecular complexity index is 5150. The average Bonchev–Trinajstić information content (AvgIpc) is 0.765. The van der Waals surface area contributed by atoms with Gasteiger partial charge in [0.1, 0.15) is 64.4 Å². The average molecular weight is 1380 g/mol. The number of non-ortho nitro benzene ring substituents is 1. The van der Waals surface area contributed by atoms with Crippen LogP contribution in [0.1, 0.15) is 22.3 Å². The van der Waals surface area contributed by atoms with Crippen molar-refractivity contribution in [1.29, 1.82) is 0 Å². The van der Waals surface area contributed by atoms with Crippen LogP contribution >= 0.6 is 0 Å². The van der Waals surface area contributed by atoms with Gasteiger partial charge in [0.05, 0.1) is 50.2 Å². The summed E-state index contributed by atoms with van der Waals surface area (Å²) in [4.78, 5) is 14.4. The molecule has 0 aromatic heterocycles. The maximum absolute atomic E-state index is 13.2. The van der Waals surface area contributed by atoms with Gasteiger partial charge in [-0.3, -0.25) is 48.3 Å². The summed E-state index contributed by atoms with van der Waals surface area (Å²) in [5.41, 5.74) is 1.47. The first-order valence-electron chi connectivity index (χ1n) is 23.1. The van der Waals surface area contributed by atoms with Gasteiger partial charge in [-0.1, -0.05) is 0 Å². The number of hydrogen-bond acceptors (Lipinski definition) is 31. The second-order valence-electron chi connectivity index (χ2n) is 17.7. The minimum atomic E-state index is -5.77. The molecule has 0 bridgehead atoms. The van der Waals surface area contributed by atoms with Crippen molar-refractivity contribution in [3.8, 4) is 17.2 Å². The van der Waals surface area contributed by atoms with Gasteiger partial charge in [0, 0.05) is 34.4 Å². The molecule has 46 heteroatoms. The lowest BCUT2D eigenvalue weighted by molar-refractivity contribution is -0.385. The van der Waals surface area contributed by atoms with Crippen LogP contribution in [0.15, 0.2) is 139 Å². The first kappa shape index (κ1) is 67.4. The van der Waals surface area contributed by atoms with Gasteiger partial charge in [0.25, 0.3) is 76.5 Å². The number of rotatable bonds is 23. The molecule has 0 fully saturated rings. The van der Waals surface area contributed by atoms with E-state index in [-0.39, 0.29) is 17.7 Å². The Morgan fingerprint density at radius 1 is 0.584 bits per heavy atom. The molecule has 0 spiro atoms. The second-order valence-corrected chi connectivity index (χ2v) is 27.8. The highest BCUT2D eigenvalue weighted by molar-refractivity contribution is 7.87. The van der Waals surface area contributed by atoms with E-state index in [0.717, 1.165) is 30.3 Å². The molecule has 0 radical (unpaired) electrons. The van der Waals surface area contributed by atoms with Crippen LogP contribution in [0.3, 0.4) is 0 Å². The number of hydrazine groups is 1. The minimum absolute atomic E-state index is 0.0654. The predicted octanol–water partition coefficient (Wildman–Crippen LogP) is 6.06. The van der Waals surface area contributed by atoms with Gasteiger partial charge in [-0.2, -0.15) is 74.2 Å². The van der Waals surface area contributed by atoms with E-state index < -0.39 is 219 Å². The van der Waals surface area contributed by atoms with E-state index in [1.165, 1.54) is 6.92 Å². The van der Waals surface area contributed by atoms with E-state index in [2.05, 4.69) is 35.0 Å². The molecule has 0 aliphatic carbocycles. The number of anilines is 3. The molecule has 0 saturated heterocycles. The number of nitrogens with two attached hydrogens (primary N) is 2. The maximum atomic E-state index is 13.2. The molecular formula is C43H37N11O28S7. The van der Waals surface area contributed by atoms with E-state index >= 15 is 0 Å². The van der Waals surface area contributed by atoms with Crippen LogP contribution in [-0.4, -0.2) is 125 Å². The van der Waals surface area contributed by atoms with Crippen LogP contribution < -0.4 is 27.2 Å². The van der Waals surface area contributed by atoms with Crippen LogP contribution in [0.5, 0.6) is 17.2 Å². The Morgan fingerprint density at radius 3 is 1.73 bits per heavy atom. The number of phenols is 2. The number of nitrogen functional groups attached to an aromatic ring is 1. The number of ether oxygens (including phenoxy) is 1. The molecule has 0 heterocycles. The fourth-order valence-electron chi connectivity index (χ4n) is 7.92.